The molecule has 0 bridgehead atoms. The minimum absolute atomic E-state index is 0.00889. The number of hydrogen-bond donors (Lipinski definition) is 2. The van der Waals surface area contributed by atoms with Gasteiger partial charge in [0.2, 0.25) is 0 Å². The molecule has 0 amide bonds. The molecule has 4 heteroatoms. The fraction of sp³-hybridized carbons (Fsp3) is 0.250. The van der Waals surface area contributed by atoms with E-state index in [-0.39, 0.29) is 13.0 Å². The van der Waals surface area contributed by atoms with E-state index in [2.05, 4.69) is 0 Å². The van der Waals surface area contributed by atoms with Crippen LogP contribution in [0.2, 0.25) is 0 Å². The standard InChI is InChI=1S/C20H22O4/c21-19(15-24-14-17-10-5-2-6-11-17)18(20(22)23)13-7-12-16-8-3-1-4-9-16/h1-12,18-19,21H,13-15H2,(H,22,23)/b12-7+/t18-,19-/m1/s1. The molecule has 0 saturated carbocycles. The van der Waals surface area contributed by atoms with E-state index in [9.17, 15) is 15.0 Å². The zero-order valence-corrected chi connectivity index (χ0v) is 13.4. The van der Waals surface area contributed by atoms with Crippen LogP contribution in [0.4, 0.5) is 0 Å². The van der Waals surface area contributed by atoms with Gasteiger partial charge in [-0.15, -0.1) is 0 Å². The number of aliphatic hydroxyl groups is 1. The summed E-state index contributed by atoms with van der Waals surface area (Å²) in [4.78, 5) is 11.4. The van der Waals surface area contributed by atoms with Crippen LogP contribution in [0.15, 0.2) is 66.7 Å². The van der Waals surface area contributed by atoms with Gasteiger partial charge in [0.25, 0.3) is 0 Å². The molecule has 2 aromatic carbocycles. The first-order valence-electron chi connectivity index (χ1n) is 7.91. The second kappa shape index (κ2) is 9.65. The topological polar surface area (TPSA) is 66.8 Å². The Bertz CT molecular complexity index is 637. The maximum Gasteiger partial charge on any atom is 0.309 e. The van der Waals surface area contributed by atoms with Crippen LogP contribution in [-0.2, 0) is 16.1 Å². The Labute approximate surface area is 142 Å². The Morgan fingerprint density at radius 3 is 2.29 bits per heavy atom. The highest BCUT2D eigenvalue weighted by Crippen LogP contribution is 2.14. The molecule has 0 fully saturated rings. The van der Waals surface area contributed by atoms with Crippen LogP contribution in [0.3, 0.4) is 0 Å². The van der Waals surface area contributed by atoms with E-state index in [1.807, 2.05) is 66.7 Å². The minimum atomic E-state index is -1.05. The van der Waals surface area contributed by atoms with Crippen LogP contribution in [0.25, 0.3) is 6.08 Å². The zero-order chi connectivity index (χ0) is 17.2. The van der Waals surface area contributed by atoms with Gasteiger partial charge in [-0.2, -0.15) is 0 Å². The van der Waals surface area contributed by atoms with Gasteiger partial charge in [0.15, 0.2) is 0 Å². The summed E-state index contributed by atoms with van der Waals surface area (Å²) >= 11 is 0. The number of rotatable bonds is 9. The molecule has 0 aliphatic rings. The molecule has 0 spiro atoms. The van der Waals surface area contributed by atoms with Gasteiger partial charge in [-0.1, -0.05) is 72.8 Å². The van der Waals surface area contributed by atoms with Crippen LogP contribution in [-0.4, -0.2) is 28.9 Å². The fourth-order valence-electron chi connectivity index (χ4n) is 2.33. The molecule has 126 valence electrons. The van der Waals surface area contributed by atoms with Crippen molar-refractivity contribution in [3.05, 3.63) is 77.9 Å². The van der Waals surface area contributed by atoms with Gasteiger partial charge in [0.1, 0.15) is 0 Å². The summed E-state index contributed by atoms with van der Waals surface area (Å²) in [5.41, 5.74) is 1.98. The Morgan fingerprint density at radius 1 is 1.04 bits per heavy atom. The van der Waals surface area contributed by atoms with Crippen molar-refractivity contribution in [1.82, 2.24) is 0 Å². The van der Waals surface area contributed by atoms with E-state index < -0.39 is 18.0 Å². The molecule has 0 radical (unpaired) electrons. The van der Waals surface area contributed by atoms with Crippen molar-refractivity contribution in [2.45, 2.75) is 19.1 Å². The Kier molecular flexibility index (Phi) is 7.21. The molecule has 2 rings (SSSR count). The van der Waals surface area contributed by atoms with Gasteiger partial charge < -0.3 is 14.9 Å². The van der Waals surface area contributed by atoms with E-state index in [4.69, 9.17) is 4.74 Å². The molecular formula is C20H22O4. The van der Waals surface area contributed by atoms with Crippen LogP contribution < -0.4 is 0 Å². The predicted octanol–water partition coefficient (Wildman–Crippen LogP) is 3.37. The summed E-state index contributed by atoms with van der Waals surface area (Å²) < 4.78 is 5.44. The predicted molar refractivity (Wildman–Crippen MR) is 93.3 cm³/mol. The minimum Gasteiger partial charge on any atom is -0.481 e. The Morgan fingerprint density at radius 2 is 1.67 bits per heavy atom. The third-order valence-electron chi connectivity index (χ3n) is 3.68. The molecule has 0 aliphatic heterocycles. The number of carbonyl (C=O) groups is 1. The summed E-state index contributed by atoms with van der Waals surface area (Å²) in [6, 6.07) is 19.2. The van der Waals surface area contributed by atoms with Crippen molar-refractivity contribution in [2.24, 2.45) is 5.92 Å². The first-order valence-corrected chi connectivity index (χ1v) is 7.91. The highest BCUT2D eigenvalue weighted by atomic mass is 16.5. The lowest BCUT2D eigenvalue weighted by Crippen LogP contribution is -2.31. The van der Waals surface area contributed by atoms with Gasteiger partial charge in [0, 0.05) is 0 Å². The van der Waals surface area contributed by atoms with Gasteiger partial charge in [-0.05, 0) is 17.5 Å². The van der Waals surface area contributed by atoms with Gasteiger partial charge >= 0.3 is 5.97 Å². The van der Waals surface area contributed by atoms with Crippen molar-refractivity contribution >= 4 is 12.0 Å². The molecule has 0 saturated heterocycles. The van der Waals surface area contributed by atoms with Crippen molar-refractivity contribution in [1.29, 1.82) is 0 Å². The summed E-state index contributed by atoms with van der Waals surface area (Å²) in [6.07, 6.45) is 2.83. The first-order chi connectivity index (χ1) is 11.7. The molecule has 0 heterocycles. The highest BCUT2D eigenvalue weighted by molar-refractivity contribution is 5.71. The van der Waals surface area contributed by atoms with Gasteiger partial charge in [-0.3, -0.25) is 4.79 Å². The normalized spacial score (nSPS) is 13.7. The smallest absolute Gasteiger partial charge is 0.309 e. The highest BCUT2D eigenvalue weighted by Gasteiger charge is 2.25. The number of carboxylic acid groups (broad SMARTS) is 1. The van der Waals surface area contributed by atoms with E-state index in [0.717, 1.165) is 11.1 Å². The van der Waals surface area contributed by atoms with E-state index in [0.29, 0.717) is 6.61 Å². The van der Waals surface area contributed by atoms with Crippen LogP contribution >= 0.6 is 0 Å². The van der Waals surface area contributed by atoms with E-state index in [1.165, 1.54) is 0 Å². The summed E-state index contributed by atoms with van der Waals surface area (Å²) in [7, 11) is 0. The fourth-order valence-corrected chi connectivity index (χ4v) is 2.33. The largest absolute Gasteiger partial charge is 0.481 e. The molecule has 0 aliphatic carbocycles. The maximum absolute atomic E-state index is 11.4. The van der Waals surface area contributed by atoms with E-state index >= 15 is 0 Å². The van der Waals surface area contributed by atoms with Crippen LogP contribution in [0.1, 0.15) is 17.5 Å². The molecule has 4 nitrogen and oxygen atoms in total. The number of allylic oxidation sites excluding steroid dienone is 1. The van der Waals surface area contributed by atoms with Gasteiger partial charge in [0.05, 0.1) is 25.2 Å². The SMILES string of the molecule is O=C(O)[C@H](C/C=C/c1ccccc1)[C@H](O)COCc1ccccc1. The number of hydrogen-bond acceptors (Lipinski definition) is 3. The first kappa shape index (κ1) is 17.9. The molecular weight excluding hydrogens is 304 g/mol. The summed E-state index contributed by atoms with van der Waals surface area (Å²) in [6.45, 7) is 0.342. The Hall–Kier alpha value is -2.43. The Balaban J connectivity index is 1.82. The lowest BCUT2D eigenvalue weighted by Gasteiger charge is -2.18. The second-order valence-corrected chi connectivity index (χ2v) is 5.56. The van der Waals surface area contributed by atoms with Gasteiger partial charge in [-0.25, -0.2) is 0 Å². The third kappa shape index (κ3) is 5.99. The molecule has 0 unspecified atom stereocenters. The lowest BCUT2D eigenvalue weighted by molar-refractivity contribution is -0.147. The molecule has 2 atom stereocenters. The van der Waals surface area contributed by atoms with Crippen molar-refractivity contribution < 1.29 is 19.7 Å². The molecule has 2 N–H and O–H groups in total. The average Bonchev–Trinajstić information content (AvgIpc) is 2.60. The quantitative estimate of drug-likeness (QED) is 0.741. The third-order valence-corrected chi connectivity index (χ3v) is 3.68. The molecule has 2 aromatic rings. The maximum atomic E-state index is 11.4. The molecule has 24 heavy (non-hydrogen) atoms. The zero-order valence-electron chi connectivity index (χ0n) is 13.4. The van der Waals surface area contributed by atoms with Crippen LogP contribution in [0, 0.1) is 5.92 Å². The van der Waals surface area contributed by atoms with E-state index in [1.54, 1.807) is 6.08 Å². The summed E-state index contributed by atoms with van der Waals surface area (Å²) in [5, 5.41) is 19.4. The monoisotopic (exact) mass is 326 g/mol. The van der Waals surface area contributed by atoms with Crippen molar-refractivity contribution in [2.75, 3.05) is 6.61 Å². The van der Waals surface area contributed by atoms with Crippen molar-refractivity contribution in [3.63, 3.8) is 0 Å². The number of carboxylic acids is 1. The number of benzene rings is 2. The van der Waals surface area contributed by atoms with Crippen molar-refractivity contribution in [3.8, 4) is 0 Å². The summed E-state index contributed by atoms with van der Waals surface area (Å²) in [5.74, 6) is -1.91. The number of aliphatic carboxylic acids is 1. The van der Waals surface area contributed by atoms with Crippen LogP contribution in [0.5, 0.6) is 0 Å². The number of ether oxygens (including phenoxy) is 1. The second-order valence-electron chi connectivity index (χ2n) is 5.56. The average molecular weight is 326 g/mol. The molecule has 0 aromatic heterocycles. The lowest BCUT2D eigenvalue weighted by atomic mass is 9.98. The number of aliphatic hydroxyl groups excluding tert-OH is 1.